The van der Waals surface area contributed by atoms with Gasteiger partial charge in [-0.05, 0) is 44.0 Å². The molecule has 0 N–H and O–H groups in total. The number of nitrogens with zero attached hydrogens (tertiary/aromatic N) is 3. The van der Waals surface area contributed by atoms with E-state index in [0.717, 1.165) is 5.69 Å². The van der Waals surface area contributed by atoms with Gasteiger partial charge in [-0.1, -0.05) is 12.1 Å². The molecule has 2 aliphatic heterocycles. The Morgan fingerprint density at radius 2 is 1.89 bits per heavy atom. The van der Waals surface area contributed by atoms with E-state index < -0.39 is 10.0 Å². The zero-order valence-corrected chi connectivity index (χ0v) is 16.5. The zero-order chi connectivity index (χ0) is 19.7. The number of piperidine rings is 1. The zero-order valence-electron chi connectivity index (χ0n) is 15.7. The van der Waals surface area contributed by atoms with E-state index in [1.54, 1.807) is 23.2 Å². The van der Waals surface area contributed by atoms with Crippen LogP contribution in [-0.2, 0) is 14.8 Å². The number of aromatic nitrogens is 1. The minimum Gasteiger partial charge on any atom is -0.487 e. The van der Waals surface area contributed by atoms with Gasteiger partial charge < -0.3 is 9.64 Å². The Kier molecular flexibility index (Phi) is 5.07. The second kappa shape index (κ2) is 7.52. The van der Waals surface area contributed by atoms with Crippen LogP contribution in [0.25, 0.3) is 0 Å². The number of rotatable bonds is 3. The van der Waals surface area contributed by atoms with Crippen LogP contribution in [0.2, 0.25) is 0 Å². The summed E-state index contributed by atoms with van der Waals surface area (Å²) in [6.07, 6.45) is 3.84. The summed E-state index contributed by atoms with van der Waals surface area (Å²) in [5, 5.41) is 0. The van der Waals surface area contributed by atoms with Crippen LogP contribution in [-0.4, -0.2) is 49.4 Å². The number of amides is 1. The average Bonchev–Trinajstić information content (AvgIpc) is 2.73. The van der Waals surface area contributed by atoms with Gasteiger partial charge in [-0.15, -0.1) is 0 Å². The molecule has 0 spiro atoms. The second-order valence-corrected chi connectivity index (χ2v) is 9.15. The lowest BCUT2D eigenvalue weighted by Gasteiger charge is -2.37. The maximum absolute atomic E-state index is 13.2. The van der Waals surface area contributed by atoms with Crippen molar-refractivity contribution in [3.05, 3.63) is 48.8 Å². The predicted octanol–water partition coefficient (Wildman–Crippen LogP) is 2.30. The monoisotopic (exact) mass is 401 g/mol. The molecule has 4 rings (SSSR count). The van der Waals surface area contributed by atoms with E-state index in [1.807, 2.05) is 31.2 Å². The van der Waals surface area contributed by atoms with Crippen LogP contribution in [0.3, 0.4) is 0 Å². The number of carbonyl (C=O) groups excluding carboxylic acids is 1. The smallest absolute Gasteiger partial charge is 0.244 e. The Labute approximate surface area is 165 Å². The summed E-state index contributed by atoms with van der Waals surface area (Å²) in [5.74, 6) is 0.561. The van der Waals surface area contributed by atoms with Gasteiger partial charge in [0.25, 0.3) is 0 Å². The van der Waals surface area contributed by atoms with Crippen LogP contribution < -0.4 is 9.64 Å². The van der Waals surface area contributed by atoms with Crippen molar-refractivity contribution in [3.8, 4) is 5.75 Å². The number of benzene rings is 1. The molecule has 2 aromatic rings. The highest BCUT2D eigenvalue weighted by molar-refractivity contribution is 7.89. The molecular weight excluding hydrogens is 378 g/mol. The van der Waals surface area contributed by atoms with Crippen LogP contribution in [0, 0.1) is 5.92 Å². The van der Waals surface area contributed by atoms with Crippen LogP contribution in [0.4, 0.5) is 5.69 Å². The highest BCUT2D eigenvalue weighted by atomic mass is 32.2. The third-order valence-electron chi connectivity index (χ3n) is 5.27. The van der Waals surface area contributed by atoms with Crippen molar-refractivity contribution in [3.63, 3.8) is 0 Å². The van der Waals surface area contributed by atoms with Gasteiger partial charge in [0.2, 0.25) is 15.9 Å². The number of hydrogen-bond acceptors (Lipinski definition) is 5. The Hall–Kier alpha value is -2.45. The number of sulfonamides is 1. The van der Waals surface area contributed by atoms with Gasteiger partial charge in [0, 0.05) is 31.4 Å². The van der Waals surface area contributed by atoms with Crippen LogP contribution in [0.1, 0.15) is 19.8 Å². The minimum atomic E-state index is -3.57. The fraction of sp³-hybridized carbons (Fsp3) is 0.400. The molecule has 0 radical (unpaired) electrons. The molecule has 0 bridgehead atoms. The molecule has 7 nitrogen and oxygen atoms in total. The van der Waals surface area contributed by atoms with Gasteiger partial charge in [0.05, 0.1) is 12.2 Å². The molecule has 1 aromatic carbocycles. The van der Waals surface area contributed by atoms with E-state index in [1.165, 1.54) is 10.5 Å². The molecule has 3 heterocycles. The van der Waals surface area contributed by atoms with Crippen molar-refractivity contribution >= 4 is 21.6 Å². The quantitative estimate of drug-likeness (QED) is 0.788. The van der Waals surface area contributed by atoms with Crippen molar-refractivity contribution in [1.29, 1.82) is 0 Å². The summed E-state index contributed by atoms with van der Waals surface area (Å²) in [4.78, 5) is 19.1. The molecule has 0 aliphatic carbocycles. The van der Waals surface area contributed by atoms with Crippen molar-refractivity contribution < 1.29 is 17.9 Å². The molecule has 28 heavy (non-hydrogen) atoms. The molecule has 148 valence electrons. The molecule has 1 aromatic heterocycles. The van der Waals surface area contributed by atoms with Gasteiger partial charge in [-0.25, -0.2) is 8.42 Å². The fourth-order valence-electron chi connectivity index (χ4n) is 3.81. The maximum atomic E-state index is 13.2. The number of ether oxygens (including phenoxy) is 1. The highest BCUT2D eigenvalue weighted by Gasteiger charge is 2.36. The van der Waals surface area contributed by atoms with Crippen molar-refractivity contribution in [2.45, 2.75) is 30.8 Å². The predicted molar refractivity (Wildman–Crippen MR) is 105 cm³/mol. The standard InChI is InChI=1S/C20H23N3O4S/c1-15-14-23(18-6-2-3-7-19(18)27-15)20(24)16-8-11-22(12-9-16)28(25,26)17-5-4-10-21-13-17/h2-7,10,13,15-16H,8-9,11-12,14H2,1H3. The normalized spacial score (nSPS) is 21.0. The first-order valence-electron chi connectivity index (χ1n) is 9.44. The molecule has 1 unspecified atom stereocenters. The second-order valence-electron chi connectivity index (χ2n) is 7.21. The van der Waals surface area contributed by atoms with Gasteiger partial charge in [0.15, 0.2) is 0 Å². The van der Waals surface area contributed by atoms with Gasteiger partial charge in [-0.3, -0.25) is 9.78 Å². The lowest BCUT2D eigenvalue weighted by molar-refractivity contribution is -0.124. The number of carbonyl (C=O) groups is 1. The third-order valence-corrected chi connectivity index (χ3v) is 7.15. The van der Waals surface area contributed by atoms with E-state index in [-0.39, 0.29) is 22.8 Å². The highest BCUT2D eigenvalue weighted by Crippen LogP contribution is 2.35. The summed E-state index contributed by atoms with van der Waals surface area (Å²) in [7, 11) is -3.57. The van der Waals surface area contributed by atoms with Crippen LogP contribution in [0.5, 0.6) is 5.75 Å². The largest absolute Gasteiger partial charge is 0.487 e. The Morgan fingerprint density at radius 1 is 1.14 bits per heavy atom. The Morgan fingerprint density at radius 3 is 2.61 bits per heavy atom. The van der Waals surface area contributed by atoms with Crippen molar-refractivity contribution in [2.75, 3.05) is 24.5 Å². The molecule has 1 fully saturated rings. The van der Waals surface area contributed by atoms with E-state index in [9.17, 15) is 13.2 Å². The van der Waals surface area contributed by atoms with Gasteiger partial charge in [0.1, 0.15) is 16.7 Å². The SMILES string of the molecule is CC1CN(C(=O)C2CCN(S(=O)(=O)c3cccnc3)CC2)c2ccccc2O1. The number of pyridine rings is 1. The van der Waals surface area contributed by atoms with E-state index in [2.05, 4.69) is 4.98 Å². The molecule has 1 saturated heterocycles. The van der Waals surface area contributed by atoms with Gasteiger partial charge >= 0.3 is 0 Å². The third kappa shape index (κ3) is 3.49. The molecule has 0 saturated carbocycles. The molecular formula is C20H23N3O4S. The lowest BCUT2D eigenvalue weighted by atomic mass is 9.95. The average molecular weight is 401 g/mol. The summed E-state index contributed by atoms with van der Waals surface area (Å²) in [5.41, 5.74) is 0.788. The molecule has 8 heteroatoms. The summed E-state index contributed by atoms with van der Waals surface area (Å²) >= 11 is 0. The van der Waals surface area contributed by atoms with Crippen molar-refractivity contribution in [1.82, 2.24) is 9.29 Å². The van der Waals surface area contributed by atoms with E-state index >= 15 is 0 Å². The van der Waals surface area contributed by atoms with E-state index in [0.29, 0.717) is 38.2 Å². The molecule has 1 amide bonds. The summed E-state index contributed by atoms with van der Waals surface area (Å²) < 4.78 is 32.8. The first kappa shape index (κ1) is 18.9. The first-order chi connectivity index (χ1) is 13.5. The summed E-state index contributed by atoms with van der Waals surface area (Å²) in [6.45, 7) is 3.10. The maximum Gasteiger partial charge on any atom is 0.244 e. The number of anilines is 1. The Bertz CT molecular complexity index is 956. The molecule has 1 atom stereocenters. The van der Waals surface area contributed by atoms with Crippen LogP contribution in [0.15, 0.2) is 53.7 Å². The lowest BCUT2D eigenvalue weighted by Crippen LogP contribution is -2.48. The van der Waals surface area contributed by atoms with Gasteiger partial charge in [-0.2, -0.15) is 4.31 Å². The topological polar surface area (TPSA) is 79.8 Å². The first-order valence-corrected chi connectivity index (χ1v) is 10.9. The van der Waals surface area contributed by atoms with Crippen LogP contribution >= 0.6 is 0 Å². The Balaban J connectivity index is 1.47. The number of fused-ring (bicyclic) bond motifs is 1. The van der Waals surface area contributed by atoms with Crippen molar-refractivity contribution in [2.24, 2.45) is 5.92 Å². The number of hydrogen-bond donors (Lipinski definition) is 0. The minimum absolute atomic E-state index is 0.0426. The molecule has 2 aliphatic rings. The number of para-hydroxylation sites is 2. The summed E-state index contributed by atoms with van der Waals surface area (Å²) in [6, 6.07) is 10.7. The fourth-order valence-corrected chi connectivity index (χ4v) is 5.24. The van der Waals surface area contributed by atoms with E-state index in [4.69, 9.17) is 4.74 Å².